The lowest BCUT2D eigenvalue weighted by atomic mass is 10.3. The minimum absolute atomic E-state index is 0.0100. The van der Waals surface area contributed by atoms with Crippen LogP contribution in [0, 0.1) is 0 Å². The Balaban J connectivity index is 1.63. The molecule has 3 aromatic rings. The maximum absolute atomic E-state index is 12.3. The topological polar surface area (TPSA) is 91.2 Å². The number of thioether (sulfide) groups is 1. The third-order valence-electron chi connectivity index (χ3n) is 3.55. The number of ether oxygens (including phenoxy) is 2. The highest BCUT2D eigenvalue weighted by molar-refractivity contribution is 7.99. The van der Waals surface area contributed by atoms with Crippen LogP contribution in [0.3, 0.4) is 0 Å². The van der Waals surface area contributed by atoms with Crippen LogP contribution < -0.4 is 14.8 Å². The van der Waals surface area contributed by atoms with Gasteiger partial charge in [0.2, 0.25) is 11.1 Å². The highest BCUT2D eigenvalue weighted by Crippen LogP contribution is 2.26. The first kappa shape index (κ1) is 21.4. The zero-order valence-electron chi connectivity index (χ0n) is 15.6. The summed E-state index contributed by atoms with van der Waals surface area (Å²) in [6.45, 7) is 2.30. The molecule has 0 unspecified atom stereocenters. The van der Waals surface area contributed by atoms with Crippen molar-refractivity contribution < 1.29 is 27.4 Å². The predicted octanol–water partition coefficient (Wildman–Crippen LogP) is 3.69. The second-order valence-electron chi connectivity index (χ2n) is 5.68. The van der Waals surface area contributed by atoms with Gasteiger partial charge < -0.3 is 14.8 Å². The molecule has 0 aliphatic rings. The zero-order valence-corrected chi connectivity index (χ0v) is 16.4. The monoisotopic (exact) mass is 439 g/mol. The molecule has 0 radical (unpaired) electrons. The third-order valence-corrected chi connectivity index (χ3v) is 4.47. The SMILES string of the molecule is CCOc1ccccc1NC(=O)CSc1nnnn1-c1ccc(OC(F)(F)F)cc1. The quantitative estimate of drug-likeness (QED) is 0.535. The fraction of sp³-hybridized carbons (Fsp3) is 0.222. The molecule has 0 atom stereocenters. The van der Waals surface area contributed by atoms with Gasteiger partial charge in [-0.05, 0) is 53.7 Å². The normalized spacial score (nSPS) is 11.2. The second kappa shape index (κ2) is 9.48. The zero-order chi connectivity index (χ0) is 21.6. The number of carbonyl (C=O) groups is 1. The van der Waals surface area contributed by atoms with E-state index in [0.717, 1.165) is 23.9 Å². The van der Waals surface area contributed by atoms with Crippen LogP contribution in [0.4, 0.5) is 18.9 Å². The van der Waals surface area contributed by atoms with Crippen LogP contribution in [0.15, 0.2) is 53.7 Å². The van der Waals surface area contributed by atoms with Crippen molar-refractivity contribution in [2.24, 2.45) is 0 Å². The van der Waals surface area contributed by atoms with Crippen LogP contribution in [0.25, 0.3) is 5.69 Å². The van der Waals surface area contributed by atoms with E-state index in [4.69, 9.17) is 4.74 Å². The summed E-state index contributed by atoms with van der Waals surface area (Å²) in [5.74, 6) is -0.0864. The number of halogens is 3. The van der Waals surface area contributed by atoms with Crippen molar-refractivity contribution in [2.45, 2.75) is 18.4 Å². The van der Waals surface area contributed by atoms with Crippen molar-refractivity contribution >= 4 is 23.4 Å². The molecule has 0 aliphatic carbocycles. The summed E-state index contributed by atoms with van der Waals surface area (Å²) in [7, 11) is 0. The van der Waals surface area contributed by atoms with Gasteiger partial charge in [-0.25, -0.2) is 0 Å². The Morgan fingerprint density at radius 2 is 1.90 bits per heavy atom. The number of hydrogen-bond donors (Lipinski definition) is 1. The number of anilines is 1. The van der Waals surface area contributed by atoms with E-state index < -0.39 is 6.36 Å². The summed E-state index contributed by atoms with van der Waals surface area (Å²) in [6, 6.07) is 12.1. The summed E-state index contributed by atoms with van der Waals surface area (Å²) < 4.78 is 47.4. The molecule has 8 nitrogen and oxygen atoms in total. The fourth-order valence-corrected chi connectivity index (χ4v) is 3.08. The first-order valence-corrected chi connectivity index (χ1v) is 9.63. The number of carbonyl (C=O) groups excluding carboxylic acids is 1. The van der Waals surface area contributed by atoms with Gasteiger partial charge in [-0.3, -0.25) is 4.79 Å². The van der Waals surface area contributed by atoms with Crippen molar-refractivity contribution in [1.29, 1.82) is 0 Å². The van der Waals surface area contributed by atoms with Crippen LogP contribution in [-0.2, 0) is 4.79 Å². The Morgan fingerprint density at radius 1 is 1.17 bits per heavy atom. The Kier molecular flexibility index (Phi) is 6.77. The molecule has 0 aliphatic heterocycles. The van der Waals surface area contributed by atoms with E-state index in [0.29, 0.717) is 28.9 Å². The number of nitrogens with zero attached hydrogens (tertiary/aromatic N) is 4. The lowest BCUT2D eigenvalue weighted by Gasteiger charge is -2.11. The molecule has 0 saturated carbocycles. The minimum Gasteiger partial charge on any atom is -0.492 e. The molecule has 12 heteroatoms. The van der Waals surface area contributed by atoms with Crippen LogP contribution in [0.2, 0.25) is 0 Å². The van der Waals surface area contributed by atoms with E-state index in [9.17, 15) is 18.0 Å². The van der Waals surface area contributed by atoms with E-state index in [2.05, 4.69) is 25.6 Å². The van der Waals surface area contributed by atoms with Crippen LogP contribution in [0.5, 0.6) is 11.5 Å². The number of benzene rings is 2. The Morgan fingerprint density at radius 3 is 2.60 bits per heavy atom. The van der Waals surface area contributed by atoms with Gasteiger partial charge in [0.25, 0.3) is 0 Å². The van der Waals surface area contributed by atoms with E-state index in [-0.39, 0.29) is 17.4 Å². The van der Waals surface area contributed by atoms with E-state index in [1.165, 1.54) is 16.8 Å². The number of hydrogen-bond acceptors (Lipinski definition) is 7. The number of amides is 1. The van der Waals surface area contributed by atoms with E-state index in [1.807, 2.05) is 6.92 Å². The summed E-state index contributed by atoms with van der Waals surface area (Å²) in [6.07, 6.45) is -4.77. The molecule has 0 bridgehead atoms. The molecule has 1 amide bonds. The molecule has 0 spiro atoms. The summed E-state index contributed by atoms with van der Waals surface area (Å²) in [5, 5.41) is 14.3. The summed E-state index contributed by atoms with van der Waals surface area (Å²) in [5.41, 5.74) is 0.962. The number of nitrogens with one attached hydrogen (secondary N) is 1. The van der Waals surface area contributed by atoms with Gasteiger partial charge in [0.1, 0.15) is 11.5 Å². The maximum Gasteiger partial charge on any atom is 0.573 e. The predicted molar refractivity (Wildman–Crippen MR) is 103 cm³/mol. The molecule has 1 aromatic heterocycles. The Hall–Kier alpha value is -3.28. The number of para-hydroxylation sites is 2. The Labute approximate surface area is 173 Å². The Bertz CT molecular complexity index is 995. The minimum atomic E-state index is -4.77. The first-order chi connectivity index (χ1) is 14.4. The number of rotatable bonds is 8. The first-order valence-electron chi connectivity index (χ1n) is 8.65. The van der Waals surface area contributed by atoms with Gasteiger partial charge >= 0.3 is 6.36 Å². The van der Waals surface area contributed by atoms with Gasteiger partial charge in [-0.1, -0.05) is 23.9 Å². The van der Waals surface area contributed by atoms with E-state index in [1.54, 1.807) is 24.3 Å². The average Bonchev–Trinajstić information content (AvgIpc) is 3.16. The lowest BCUT2D eigenvalue weighted by molar-refractivity contribution is -0.274. The van der Waals surface area contributed by atoms with Crippen molar-refractivity contribution in [2.75, 3.05) is 17.7 Å². The molecule has 158 valence electrons. The van der Waals surface area contributed by atoms with Crippen molar-refractivity contribution in [3.8, 4) is 17.2 Å². The standard InChI is InChI=1S/C18H16F3N5O3S/c1-2-28-15-6-4-3-5-14(15)22-16(27)11-30-17-23-24-25-26(17)12-7-9-13(10-8-12)29-18(19,20)21/h3-10H,2,11H2,1H3,(H,22,27). The smallest absolute Gasteiger partial charge is 0.492 e. The molecule has 30 heavy (non-hydrogen) atoms. The number of aromatic nitrogens is 4. The molecule has 1 N–H and O–H groups in total. The van der Waals surface area contributed by atoms with Crippen molar-refractivity contribution in [3.05, 3.63) is 48.5 Å². The average molecular weight is 439 g/mol. The highest BCUT2D eigenvalue weighted by Gasteiger charge is 2.31. The molecule has 0 saturated heterocycles. The van der Waals surface area contributed by atoms with Gasteiger partial charge in [0.15, 0.2) is 0 Å². The van der Waals surface area contributed by atoms with Crippen molar-refractivity contribution in [3.63, 3.8) is 0 Å². The van der Waals surface area contributed by atoms with Crippen molar-refractivity contribution in [1.82, 2.24) is 20.2 Å². The van der Waals surface area contributed by atoms with Gasteiger partial charge in [0, 0.05) is 0 Å². The molecular formula is C18H16F3N5O3S. The van der Waals surface area contributed by atoms with Gasteiger partial charge in [-0.15, -0.1) is 18.3 Å². The molecular weight excluding hydrogens is 423 g/mol. The van der Waals surface area contributed by atoms with Crippen LogP contribution in [0.1, 0.15) is 6.92 Å². The van der Waals surface area contributed by atoms with Gasteiger partial charge in [-0.2, -0.15) is 4.68 Å². The highest BCUT2D eigenvalue weighted by atomic mass is 32.2. The fourth-order valence-electron chi connectivity index (χ4n) is 2.39. The lowest BCUT2D eigenvalue weighted by Crippen LogP contribution is -2.17. The largest absolute Gasteiger partial charge is 0.573 e. The molecule has 1 heterocycles. The summed E-state index contributed by atoms with van der Waals surface area (Å²) >= 11 is 1.07. The second-order valence-corrected chi connectivity index (χ2v) is 6.62. The van der Waals surface area contributed by atoms with Gasteiger partial charge in [0.05, 0.1) is 23.7 Å². The third kappa shape index (κ3) is 5.86. The summed E-state index contributed by atoms with van der Waals surface area (Å²) in [4.78, 5) is 12.3. The molecule has 0 fully saturated rings. The van der Waals surface area contributed by atoms with Crippen LogP contribution in [-0.4, -0.2) is 44.8 Å². The molecule has 3 rings (SSSR count). The molecule has 2 aromatic carbocycles. The maximum atomic E-state index is 12.3. The number of alkyl halides is 3. The van der Waals surface area contributed by atoms with E-state index >= 15 is 0 Å². The number of tetrazole rings is 1. The van der Waals surface area contributed by atoms with Crippen LogP contribution >= 0.6 is 11.8 Å².